The number of sulfone groups is 1. The predicted molar refractivity (Wildman–Crippen MR) is 96.0 cm³/mol. The molecule has 2 heterocycles. The van der Waals surface area contributed by atoms with Gasteiger partial charge in [0, 0.05) is 30.6 Å². The lowest BCUT2D eigenvalue weighted by molar-refractivity contribution is 0.301. The number of hydrogen-bond acceptors (Lipinski definition) is 6. The fraction of sp³-hybridized carbons (Fsp3) is 0.333. The molecule has 1 aliphatic carbocycles. The van der Waals surface area contributed by atoms with Crippen LogP contribution in [0.1, 0.15) is 12.8 Å². The van der Waals surface area contributed by atoms with Gasteiger partial charge in [0.25, 0.3) is 5.56 Å². The third-order valence-corrected chi connectivity index (χ3v) is 5.65. The predicted octanol–water partition coefficient (Wildman–Crippen LogP) is 2.39. The normalized spacial score (nSPS) is 14.7. The second-order valence-electron chi connectivity index (χ2n) is 6.71. The quantitative estimate of drug-likeness (QED) is 0.681. The molecule has 0 saturated heterocycles. The zero-order chi connectivity index (χ0) is 18.5. The van der Waals surface area contributed by atoms with Gasteiger partial charge in [-0.3, -0.25) is 4.79 Å². The molecule has 1 saturated carbocycles. The highest BCUT2D eigenvalue weighted by molar-refractivity contribution is 7.90. The highest BCUT2D eigenvalue weighted by Gasteiger charge is 2.24. The maximum absolute atomic E-state index is 12.2. The number of pyridine rings is 1. The lowest BCUT2D eigenvalue weighted by atomic mass is 10.0. The molecule has 0 aliphatic heterocycles. The zero-order valence-corrected chi connectivity index (χ0v) is 15.2. The van der Waals surface area contributed by atoms with Gasteiger partial charge in [0.2, 0.25) is 5.58 Å². The molecule has 0 atom stereocenters. The molecule has 7 nitrogen and oxygen atoms in total. The molecule has 0 bridgehead atoms. The molecule has 0 N–H and O–H groups in total. The van der Waals surface area contributed by atoms with E-state index in [1.54, 1.807) is 25.4 Å². The van der Waals surface area contributed by atoms with Crippen LogP contribution in [0.5, 0.6) is 5.75 Å². The lowest BCUT2D eigenvalue weighted by Gasteiger charge is -2.14. The first kappa shape index (κ1) is 16.8. The fourth-order valence-electron chi connectivity index (χ4n) is 2.85. The van der Waals surface area contributed by atoms with E-state index in [-0.39, 0.29) is 16.0 Å². The van der Waals surface area contributed by atoms with Crippen LogP contribution in [0, 0.1) is 5.92 Å². The van der Waals surface area contributed by atoms with E-state index in [4.69, 9.17) is 9.26 Å². The number of benzene rings is 1. The minimum Gasteiger partial charge on any atom is -0.493 e. The van der Waals surface area contributed by atoms with Crippen LogP contribution in [-0.2, 0) is 16.9 Å². The minimum atomic E-state index is -3.39. The molecule has 0 radical (unpaired) electrons. The van der Waals surface area contributed by atoms with Crippen LogP contribution in [0.25, 0.3) is 22.1 Å². The summed E-state index contributed by atoms with van der Waals surface area (Å²) in [4.78, 5) is 12.4. The van der Waals surface area contributed by atoms with Gasteiger partial charge in [-0.05, 0) is 37.0 Å². The van der Waals surface area contributed by atoms with Gasteiger partial charge in [0.15, 0.2) is 9.84 Å². The van der Waals surface area contributed by atoms with Crippen molar-refractivity contribution in [1.82, 2.24) is 9.72 Å². The van der Waals surface area contributed by atoms with Crippen molar-refractivity contribution in [3.05, 3.63) is 40.9 Å². The van der Waals surface area contributed by atoms with Gasteiger partial charge in [-0.1, -0.05) is 5.16 Å². The van der Waals surface area contributed by atoms with E-state index in [0.717, 1.165) is 19.1 Å². The molecule has 1 aliphatic rings. The van der Waals surface area contributed by atoms with Crippen molar-refractivity contribution < 1.29 is 17.7 Å². The maximum atomic E-state index is 12.2. The molecule has 1 fully saturated rings. The Morgan fingerprint density at radius 1 is 1.31 bits per heavy atom. The molecule has 136 valence electrons. The van der Waals surface area contributed by atoms with Crippen molar-refractivity contribution in [3.8, 4) is 16.9 Å². The average molecular weight is 374 g/mol. The van der Waals surface area contributed by atoms with E-state index in [2.05, 4.69) is 5.16 Å². The van der Waals surface area contributed by atoms with E-state index in [1.165, 1.54) is 16.8 Å². The second-order valence-corrected chi connectivity index (χ2v) is 8.73. The maximum Gasteiger partial charge on any atom is 0.296 e. The minimum absolute atomic E-state index is 0.128. The summed E-state index contributed by atoms with van der Waals surface area (Å²) < 4.78 is 36.5. The monoisotopic (exact) mass is 374 g/mol. The van der Waals surface area contributed by atoms with Gasteiger partial charge in [-0.2, -0.15) is 0 Å². The number of rotatable bonds is 5. The molecular formula is C18H18N2O5S. The third-order valence-electron chi connectivity index (χ3n) is 4.54. The number of aromatic nitrogens is 2. The molecule has 2 aromatic heterocycles. The first-order valence-electron chi connectivity index (χ1n) is 8.26. The van der Waals surface area contributed by atoms with Crippen molar-refractivity contribution in [2.75, 3.05) is 12.9 Å². The van der Waals surface area contributed by atoms with E-state index in [1.807, 2.05) is 0 Å². The van der Waals surface area contributed by atoms with E-state index in [9.17, 15) is 13.2 Å². The molecule has 4 rings (SSSR count). The molecule has 0 unspecified atom stereocenters. The summed E-state index contributed by atoms with van der Waals surface area (Å²) in [6.07, 6.45) is 6.56. The first-order chi connectivity index (χ1) is 12.3. The molecule has 3 aromatic rings. The summed E-state index contributed by atoms with van der Waals surface area (Å²) in [5, 5.41) is 4.25. The largest absolute Gasteiger partial charge is 0.493 e. The Kier molecular flexibility index (Phi) is 3.87. The number of ether oxygens (including phenoxy) is 1. The second kappa shape index (κ2) is 5.98. The molecule has 26 heavy (non-hydrogen) atoms. The highest BCUT2D eigenvalue weighted by Crippen LogP contribution is 2.37. The van der Waals surface area contributed by atoms with Crippen molar-refractivity contribution >= 4 is 20.8 Å². The van der Waals surface area contributed by atoms with E-state index >= 15 is 0 Å². The van der Waals surface area contributed by atoms with Crippen molar-refractivity contribution in [3.63, 3.8) is 0 Å². The number of nitrogens with zero attached hydrogens (tertiary/aromatic N) is 2. The van der Waals surface area contributed by atoms with Gasteiger partial charge >= 0.3 is 0 Å². The third kappa shape index (κ3) is 3.01. The van der Waals surface area contributed by atoms with Crippen LogP contribution in [0.2, 0.25) is 0 Å². The Labute approximate surface area is 150 Å². The summed E-state index contributed by atoms with van der Waals surface area (Å²) in [7, 11) is -1.78. The van der Waals surface area contributed by atoms with Gasteiger partial charge in [0.1, 0.15) is 5.75 Å². The Morgan fingerprint density at radius 2 is 2.08 bits per heavy atom. The standard InChI is InChI=1S/C18H18N2O5S/c1-20-9-15(14-8-19-25-17(14)18(20)21)13-7-12(26(2,22)23)5-6-16(13)24-10-11-3-4-11/h5-9,11H,3-4,10H2,1-2H3. The summed E-state index contributed by atoms with van der Waals surface area (Å²) in [6.45, 7) is 0.587. The summed E-state index contributed by atoms with van der Waals surface area (Å²) in [5.41, 5.74) is 1.06. The smallest absolute Gasteiger partial charge is 0.296 e. The SMILES string of the molecule is Cn1cc(-c2cc(S(C)(=O)=O)ccc2OCC2CC2)c2cnoc2c1=O. The fourth-order valence-corrected chi connectivity index (χ4v) is 3.50. The van der Waals surface area contributed by atoms with Crippen LogP contribution in [0.15, 0.2) is 44.8 Å². The zero-order valence-electron chi connectivity index (χ0n) is 14.4. The summed E-state index contributed by atoms with van der Waals surface area (Å²) in [6, 6.07) is 4.77. The van der Waals surface area contributed by atoms with Crippen LogP contribution in [0.3, 0.4) is 0 Å². The number of hydrogen-bond donors (Lipinski definition) is 0. The Morgan fingerprint density at radius 3 is 2.77 bits per heavy atom. The Hall–Kier alpha value is -2.61. The van der Waals surface area contributed by atoms with Crippen LogP contribution in [-0.4, -0.2) is 31.0 Å². The van der Waals surface area contributed by atoms with Crippen LogP contribution in [0.4, 0.5) is 0 Å². The molecule has 0 amide bonds. The van der Waals surface area contributed by atoms with Gasteiger partial charge < -0.3 is 13.8 Å². The molecule has 8 heteroatoms. The van der Waals surface area contributed by atoms with Crippen molar-refractivity contribution in [1.29, 1.82) is 0 Å². The average Bonchev–Trinajstić information content (AvgIpc) is 3.29. The molecule has 0 spiro atoms. The number of fused-ring (bicyclic) bond motifs is 1. The number of aryl methyl sites for hydroxylation is 1. The van der Waals surface area contributed by atoms with Crippen LogP contribution < -0.4 is 10.3 Å². The molecular weight excluding hydrogens is 356 g/mol. The molecule has 1 aromatic carbocycles. The lowest BCUT2D eigenvalue weighted by Crippen LogP contribution is -2.16. The Balaban J connectivity index is 1.94. The van der Waals surface area contributed by atoms with E-state index < -0.39 is 9.84 Å². The van der Waals surface area contributed by atoms with Gasteiger partial charge in [-0.15, -0.1) is 0 Å². The van der Waals surface area contributed by atoms with Crippen LogP contribution >= 0.6 is 0 Å². The van der Waals surface area contributed by atoms with Gasteiger partial charge in [0.05, 0.1) is 23.1 Å². The van der Waals surface area contributed by atoms with E-state index in [0.29, 0.717) is 34.8 Å². The Bertz CT molecular complexity index is 1160. The first-order valence-corrected chi connectivity index (χ1v) is 10.1. The summed E-state index contributed by atoms with van der Waals surface area (Å²) >= 11 is 0. The van der Waals surface area contributed by atoms with Gasteiger partial charge in [-0.25, -0.2) is 8.42 Å². The summed E-state index contributed by atoms with van der Waals surface area (Å²) in [5.74, 6) is 1.12. The topological polar surface area (TPSA) is 91.4 Å². The van der Waals surface area contributed by atoms with Crippen molar-refractivity contribution in [2.45, 2.75) is 17.7 Å². The van der Waals surface area contributed by atoms with Crippen molar-refractivity contribution in [2.24, 2.45) is 13.0 Å². The highest BCUT2D eigenvalue weighted by atomic mass is 32.2.